The maximum Gasteiger partial charge on any atom is 0.407 e. The molecule has 6 unspecified atom stereocenters. The minimum atomic E-state index is -5.01. The van der Waals surface area contributed by atoms with E-state index in [0.717, 1.165) is 36.0 Å². The van der Waals surface area contributed by atoms with Crippen molar-refractivity contribution in [3.8, 4) is 0 Å². The number of ether oxygens (including phenoxy) is 7. The molecule has 1 amide bonds. The molecule has 6 atom stereocenters. The molecule has 1 aliphatic rings. The van der Waals surface area contributed by atoms with E-state index in [0.29, 0.717) is 6.42 Å². The van der Waals surface area contributed by atoms with E-state index in [4.69, 9.17) is 33.2 Å². The van der Waals surface area contributed by atoms with E-state index in [9.17, 15) is 32.5 Å². The highest BCUT2D eigenvalue weighted by Gasteiger charge is 2.51. The Balaban J connectivity index is 1.33. The maximum atomic E-state index is 13.4. The number of hydrogen-bond donors (Lipinski definition) is 2. The number of nitrogens with one attached hydrogen (secondary N) is 1. The van der Waals surface area contributed by atoms with Crippen LogP contribution in [0.25, 0.3) is 0 Å². The Hall–Kier alpha value is -4.42. The van der Waals surface area contributed by atoms with Crippen LogP contribution < -0.4 is 5.32 Å². The van der Waals surface area contributed by atoms with Gasteiger partial charge in [0.05, 0.1) is 42.1 Å². The lowest BCUT2D eigenvalue weighted by molar-refractivity contribution is -0.317. The first kappa shape index (κ1) is 56.2. The molecule has 0 spiro atoms. The standard InChI is InChI=1S/C52H75NO14S/c1-2-3-4-5-6-7-8-9-10-11-12-13-14-15-25-32-46(55)61-38-44(54)39-64-51-50(63-36-42-28-21-17-22-29-42)49(62-35-41-26-19-16-20-27-41)48(45(66-51)40-68(58,59)60)67-47(56)33-34-53-52(57)65-37-43-30-23-18-24-31-43/h16-24,26-31,44-45,48-51,54H,2-15,25,32-40H2,1H3,(H,53,57)(H,58,59,60)/p-1. The SMILES string of the molecule is CCCCCCCCCCCCCCCCCC(=O)OCC(O)COC1OC(CS(=O)(=O)[O-])C(OC(=O)CCNC(=O)OCc2ccccc2)C(OCc2ccccc2)C1OCc1ccccc1. The van der Waals surface area contributed by atoms with Gasteiger partial charge >= 0.3 is 18.0 Å². The normalized spacial score (nSPS) is 18.7. The first-order valence-corrected chi connectivity index (χ1v) is 26.1. The first-order chi connectivity index (χ1) is 33.0. The van der Waals surface area contributed by atoms with Crippen LogP contribution in [0.4, 0.5) is 4.79 Å². The van der Waals surface area contributed by atoms with Gasteiger partial charge in [0.15, 0.2) is 12.4 Å². The van der Waals surface area contributed by atoms with Gasteiger partial charge in [-0.15, -0.1) is 0 Å². The fourth-order valence-electron chi connectivity index (χ4n) is 7.80. The van der Waals surface area contributed by atoms with Gasteiger partial charge in [0.2, 0.25) is 0 Å². The third-order valence-corrected chi connectivity index (χ3v) is 12.2. The lowest BCUT2D eigenvalue weighted by Crippen LogP contribution is -2.62. The van der Waals surface area contributed by atoms with Gasteiger partial charge in [-0.3, -0.25) is 9.59 Å². The van der Waals surface area contributed by atoms with Crippen molar-refractivity contribution in [1.29, 1.82) is 0 Å². The van der Waals surface area contributed by atoms with E-state index in [1.54, 1.807) is 48.5 Å². The number of rotatable bonds is 35. The van der Waals surface area contributed by atoms with Crippen molar-refractivity contribution in [3.63, 3.8) is 0 Å². The van der Waals surface area contributed by atoms with E-state index in [2.05, 4.69) is 12.2 Å². The zero-order valence-electron chi connectivity index (χ0n) is 39.8. The van der Waals surface area contributed by atoms with Crippen LogP contribution in [-0.4, -0.2) is 98.4 Å². The summed E-state index contributed by atoms with van der Waals surface area (Å²) in [5, 5.41) is 13.4. The molecule has 0 bridgehead atoms. The van der Waals surface area contributed by atoms with Crippen LogP contribution >= 0.6 is 0 Å². The lowest BCUT2D eigenvalue weighted by atomic mass is 9.98. The summed E-state index contributed by atoms with van der Waals surface area (Å²) in [4.78, 5) is 38.4. The zero-order chi connectivity index (χ0) is 48.7. The Morgan fingerprint density at radius 1 is 0.603 bits per heavy atom. The summed E-state index contributed by atoms with van der Waals surface area (Å²) in [5.41, 5.74) is 2.23. The fourth-order valence-corrected chi connectivity index (χ4v) is 8.47. The third-order valence-electron chi connectivity index (χ3n) is 11.5. The number of hydrogen-bond acceptors (Lipinski definition) is 14. The maximum absolute atomic E-state index is 13.4. The Morgan fingerprint density at radius 3 is 1.60 bits per heavy atom. The Morgan fingerprint density at radius 2 is 1.09 bits per heavy atom. The summed E-state index contributed by atoms with van der Waals surface area (Å²) >= 11 is 0. The van der Waals surface area contributed by atoms with Gasteiger partial charge in [0.25, 0.3) is 0 Å². The fraction of sp³-hybridized carbons (Fsp3) is 0.596. The monoisotopic (exact) mass is 968 g/mol. The Kier molecular flexibility index (Phi) is 27.4. The highest BCUT2D eigenvalue weighted by atomic mass is 32.2. The van der Waals surface area contributed by atoms with Gasteiger partial charge in [-0.05, 0) is 23.1 Å². The van der Waals surface area contributed by atoms with Gasteiger partial charge in [-0.1, -0.05) is 188 Å². The van der Waals surface area contributed by atoms with E-state index in [1.165, 1.54) is 70.6 Å². The third kappa shape index (κ3) is 24.2. The van der Waals surface area contributed by atoms with Crippen LogP contribution in [0.1, 0.15) is 133 Å². The summed E-state index contributed by atoms with van der Waals surface area (Å²) in [6.45, 7) is 1.17. The molecule has 68 heavy (non-hydrogen) atoms. The number of alkyl carbamates (subject to hydrolysis) is 1. The van der Waals surface area contributed by atoms with E-state index >= 15 is 0 Å². The number of aliphatic hydroxyl groups is 1. The molecule has 1 heterocycles. The predicted octanol–water partition coefficient (Wildman–Crippen LogP) is 8.84. The molecule has 1 fully saturated rings. The molecule has 1 saturated heterocycles. The second-order valence-electron chi connectivity index (χ2n) is 17.4. The smallest absolute Gasteiger partial charge is 0.407 e. The Bertz CT molecular complexity index is 1920. The molecule has 4 rings (SSSR count). The van der Waals surface area contributed by atoms with Gasteiger partial charge in [-0.2, -0.15) is 0 Å². The Labute approximate surface area is 403 Å². The van der Waals surface area contributed by atoms with Crippen LogP contribution in [0.2, 0.25) is 0 Å². The van der Waals surface area contributed by atoms with Crippen LogP contribution in [0.3, 0.4) is 0 Å². The summed E-state index contributed by atoms with van der Waals surface area (Å²) in [5.74, 6) is -2.45. The van der Waals surface area contributed by atoms with Crippen molar-refractivity contribution in [3.05, 3.63) is 108 Å². The second-order valence-corrected chi connectivity index (χ2v) is 18.8. The summed E-state index contributed by atoms with van der Waals surface area (Å²) < 4.78 is 78.3. The van der Waals surface area contributed by atoms with Crippen molar-refractivity contribution in [2.45, 2.75) is 173 Å². The number of amides is 1. The molecule has 378 valence electrons. The van der Waals surface area contributed by atoms with Crippen LogP contribution in [0, 0.1) is 0 Å². The number of unbranched alkanes of at least 4 members (excludes halogenated alkanes) is 14. The van der Waals surface area contributed by atoms with Crippen molar-refractivity contribution in [2.24, 2.45) is 0 Å². The summed E-state index contributed by atoms with van der Waals surface area (Å²) in [6.07, 6.45) is 8.80. The highest BCUT2D eigenvalue weighted by Crippen LogP contribution is 2.32. The van der Waals surface area contributed by atoms with E-state index in [1.807, 2.05) is 42.5 Å². The molecule has 0 aliphatic carbocycles. The minimum absolute atomic E-state index is 0.0116. The number of carbonyl (C=O) groups excluding carboxylic acids is 3. The number of esters is 2. The highest BCUT2D eigenvalue weighted by molar-refractivity contribution is 7.85. The topological polar surface area (TPSA) is 205 Å². The second kappa shape index (κ2) is 33.2. The van der Waals surface area contributed by atoms with Crippen molar-refractivity contribution >= 4 is 28.1 Å². The van der Waals surface area contributed by atoms with E-state index in [-0.39, 0.29) is 45.8 Å². The van der Waals surface area contributed by atoms with E-state index < -0.39 is 77.3 Å². The molecular weight excluding hydrogens is 895 g/mol. The molecule has 2 N–H and O–H groups in total. The van der Waals surface area contributed by atoms with Gasteiger partial charge in [-0.25, -0.2) is 13.2 Å². The van der Waals surface area contributed by atoms with Crippen molar-refractivity contribution in [1.82, 2.24) is 5.32 Å². The molecule has 3 aromatic rings. The molecule has 15 nitrogen and oxygen atoms in total. The number of benzene rings is 3. The van der Waals surface area contributed by atoms with Crippen LogP contribution in [-0.2, 0) is 72.7 Å². The lowest BCUT2D eigenvalue weighted by Gasteiger charge is -2.45. The van der Waals surface area contributed by atoms with Gasteiger partial charge in [0, 0.05) is 13.0 Å². The largest absolute Gasteiger partial charge is 0.748 e. The molecule has 3 aromatic carbocycles. The number of carbonyl (C=O) groups is 3. The minimum Gasteiger partial charge on any atom is -0.748 e. The average molecular weight is 969 g/mol. The van der Waals surface area contributed by atoms with Gasteiger partial charge in [0.1, 0.15) is 37.6 Å². The molecule has 0 aromatic heterocycles. The van der Waals surface area contributed by atoms with Gasteiger partial charge < -0.3 is 48.1 Å². The van der Waals surface area contributed by atoms with Crippen molar-refractivity contribution < 1.29 is 65.6 Å². The molecule has 16 heteroatoms. The molecule has 1 aliphatic heterocycles. The molecule has 0 saturated carbocycles. The quantitative estimate of drug-likeness (QED) is 0.0245. The average Bonchev–Trinajstić information content (AvgIpc) is 3.33. The van der Waals surface area contributed by atoms with Crippen LogP contribution in [0.5, 0.6) is 0 Å². The first-order valence-electron chi connectivity index (χ1n) is 24.5. The molecular formula is C52H74NO14S-. The summed E-state index contributed by atoms with van der Waals surface area (Å²) in [7, 11) is -5.01. The van der Waals surface area contributed by atoms with Crippen LogP contribution in [0.15, 0.2) is 91.0 Å². The van der Waals surface area contributed by atoms with Crippen molar-refractivity contribution in [2.75, 3.05) is 25.5 Å². The zero-order valence-corrected chi connectivity index (χ0v) is 40.6. The molecule has 0 radical (unpaired) electrons. The summed E-state index contributed by atoms with van der Waals surface area (Å²) in [6, 6.07) is 27.2. The predicted molar refractivity (Wildman–Crippen MR) is 255 cm³/mol. The number of aliphatic hydroxyl groups excluding tert-OH is 1.